The lowest BCUT2D eigenvalue weighted by molar-refractivity contribution is 0.0887. The second-order valence-electron chi connectivity index (χ2n) is 7.03. The van der Waals surface area contributed by atoms with E-state index < -0.39 is 5.69 Å². The molecule has 0 bridgehead atoms. The number of tetrazole rings is 1. The fourth-order valence-electron chi connectivity index (χ4n) is 3.22. The van der Waals surface area contributed by atoms with Crippen molar-refractivity contribution in [1.82, 2.24) is 35.0 Å². The fourth-order valence-corrected chi connectivity index (χ4v) is 3.22. The number of benzene rings is 2. The van der Waals surface area contributed by atoms with Crippen molar-refractivity contribution in [2.24, 2.45) is 0 Å². The molecule has 0 aliphatic rings. The lowest BCUT2D eigenvalue weighted by atomic mass is 10.0. The van der Waals surface area contributed by atoms with Crippen LogP contribution < -0.4 is 5.69 Å². The van der Waals surface area contributed by atoms with Gasteiger partial charge in [-0.15, -0.1) is 14.9 Å². The second-order valence-corrected chi connectivity index (χ2v) is 7.03. The first kappa shape index (κ1) is 20.9. The van der Waals surface area contributed by atoms with Crippen LogP contribution in [0.2, 0.25) is 0 Å². The normalized spacial score (nSPS) is 10.6. The number of carbonyl (C=O) groups excluding carboxylic acids is 1. The van der Waals surface area contributed by atoms with Crippen molar-refractivity contribution in [3.8, 4) is 34.4 Å². The maximum absolute atomic E-state index is 12.8. The van der Waals surface area contributed by atoms with Gasteiger partial charge in [0.15, 0.2) is 5.82 Å². The van der Waals surface area contributed by atoms with Gasteiger partial charge in [0.2, 0.25) is 5.82 Å². The van der Waals surface area contributed by atoms with Crippen LogP contribution >= 0.6 is 0 Å². The third kappa shape index (κ3) is 4.25. The van der Waals surface area contributed by atoms with Crippen LogP contribution in [-0.2, 0) is 6.54 Å². The zero-order chi connectivity index (χ0) is 22.5. The van der Waals surface area contributed by atoms with Crippen LogP contribution in [0.15, 0.2) is 53.3 Å². The third-order valence-corrected chi connectivity index (χ3v) is 4.89. The summed E-state index contributed by atoms with van der Waals surface area (Å²) in [7, 11) is 0. The van der Waals surface area contributed by atoms with Gasteiger partial charge in [-0.25, -0.2) is 9.89 Å². The Hall–Kier alpha value is -4.32. The van der Waals surface area contributed by atoms with Gasteiger partial charge in [0.05, 0.1) is 6.54 Å². The van der Waals surface area contributed by atoms with Gasteiger partial charge >= 0.3 is 5.69 Å². The lowest BCUT2D eigenvalue weighted by Gasteiger charge is -2.07. The predicted molar refractivity (Wildman–Crippen MR) is 119 cm³/mol. The van der Waals surface area contributed by atoms with E-state index in [1.54, 1.807) is 6.92 Å². The average molecular weight is 427 g/mol. The van der Waals surface area contributed by atoms with Crippen LogP contribution in [0.3, 0.4) is 0 Å². The molecule has 160 valence electrons. The van der Waals surface area contributed by atoms with Crippen molar-refractivity contribution in [2.75, 3.05) is 0 Å². The van der Waals surface area contributed by atoms with E-state index in [1.165, 1.54) is 4.57 Å². The molecule has 9 heteroatoms. The van der Waals surface area contributed by atoms with Crippen LogP contribution in [0.5, 0.6) is 0 Å². The highest BCUT2D eigenvalue weighted by Gasteiger charge is 2.16. The molecule has 9 nitrogen and oxygen atoms in total. The van der Waals surface area contributed by atoms with Crippen molar-refractivity contribution in [3.63, 3.8) is 0 Å². The maximum Gasteiger partial charge on any atom is 0.354 e. The van der Waals surface area contributed by atoms with E-state index in [4.69, 9.17) is 0 Å². The summed E-state index contributed by atoms with van der Waals surface area (Å²) in [5, 5.41) is 18.1. The largest absolute Gasteiger partial charge is 0.354 e. The van der Waals surface area contributed by atoms with E-state index >= 15 is 0 Å². The lowest BCUT2D eigenvalue weighted by Crippen LogP contribution is -2.29. The van der Waals surface area contributed by atoms with E-state index in [0.29, 0.717) is 12.2 Å². The van der Waals surface area contributed by atoms with Gasteiger partial charge in [-0.05, 0) is 39.1 Å². The minimum Gasteiger partial charge on any atom is -0.272 e. The summed E-state index contributed by atoms with van der Waals surface area (Å²) in [5.74, 6) is 6.34. The van der Waals surface area contributed by atoms with Crippen molar-refractivity contribution in [1.29, 1.82) is 0 Å². The number of nitrogens with zero attached hydrogens (tertiary/aromatic N) is 6. The minimum absolute atomic E-state index is 0.190. The molecule has 0 saturated heterocycles. The average Bonchev–Trinajstić information content (AvgIpc) is 3.47. The molecule has 0 radical (unpaired) electrons. The topological polar surface area (TPSA) is 111 Å². The van der Waals surface area contributed by atoms with Crippen molar-refractivity contribution in [3.05, 3.63) is 70.4 Å². The number of carbonyl (C=O) groups is 1. The first-order chi connectivity index (χ1) is 15.6. The molecular formula is C23H21N7O2. The van der Waals surface area contributed by atoms with Gasteiger partial charge in [0.1, 0.15) is 0 Å². The monoisotopic (exact) mass is 427 g/mol. The Labute approximate surface area is 184 Å². The summed E-state index contributed by atoms with van der Waals surface area (Å²) in [4.78, 5) is 24.8. The Kier molecular flexibility index (Phi) is 6.03. The van der Waals surface area contributed by atoms with E-state index in [-0.39, 0.29) is 24.7 Å². The standard InChI is InChI=1S/C23H21N7O2/c1-3-5-9-20-26-30(21(31)4-2)23(32)29(20)15-16-10-12-17(13-11-16)18-7-6-8-19(14-18)22-24-27-28-25-22/h6-8,10-14H,3-4,15H2,1-2H3,(H,24,25,27,28). The van der Waals surface area contributed by atoms with Crippen LogP contribution in [0.1, 0.15) is 42.9 Å². The highest BCUT2D eigenvalue weighted by molar-refractivity contribution is 5.77. The summed E-state index contributed by atoms with van der Waals surface area (Å²) >= 11 is 0. The molecule has 32 heavy (non-hydrogen) atoms. The van der Waals surface area contributed by atoms with Gasteiger partial charge < -0.3 is 0 Å². The van der Waals surface area contributed by atoms with Gasteiger partial charge in [0.25, 0.3) is 5.91 Å². The van der Waals surface area contributed by atoms with E-state index in [9.17, 15) is 9.59 Å². The number of hydrogen-bond donors (Lipinski definition) is 1. The summed E-state index contributed by atoms with van der Waals surface area (Å²) in [6, 6.07) is 15.7. The molecule has 0 amide bonds. The quantitative estimate of drug-likeness (QED) is 0.490. The number of aromatic amines is 1. The molecule has 0 aliphatic heterocycles. The molecule has 0 unspecified atom stereocenters. The molecule has 2 heterocycles. The van der Waals surface area contributed by atoms with Gasteiger partial charge in [-0.2, -0.15) is 0 Å². The SMILES string of the molecule is CCC#Cc1nn(C(=O)CC)c(=O)n1Cc1ccc(-c2cccc(-c3nnn[nH]3)c2)cc1. The maximum atomic E-state index is 12.8. The molecule has 0 aliphatic carbocycles. The minimum atomic E-state index is -0.477. The van der Waals surface area contributed by atoms with Crippen LogP contribution in [-0.4, -0.2) is 40.9 Å². The molecule has 0 spiro atoms. The first-order valence-electron chi connectivity index (χ1n) is 10.3. The molecule has 0 saturated carbocycles. The Morgan fingerprint density at radius 2 is 1.84 bits per heavy atom. The van der Waals surface area contributed by atoms with Crippen LogP contribution in [0.4, 0.5) is 0 Å². The Morgan fingerprint density at radius 1 is 1.06 bits per heavy atom. The zero-order valence-electron chi connectivity index (χ0n) is 17.7. The van der Waals surface area contributed by atoms with E-state index in [2.05, 4.69) is 37.6 Å². The molecule has 4 rings (SSSR count). The molecule has 4 aromatic rings. The molecule has 0 atom stereocenters. The molecule has 1 N–H and O–H groups in total. The van der Waals surface area contributed by atoms with E-state index in [1.807, 2.05) is 55.5 Å². The fraction of sp³-hybridized carbons (Fsp3) is 0.217. The van der Waals surface area contributed by atoms with Crippen molar-refractivity contribution in [2.45, 2.75) is 33.2 Å². The smallest absolute Gasteiger partial charge is 0.272 e. The highest BCUT2D eigenvalue weighted by Crippen LogP contribution is 2.24. The number of aromatic nitrogens is 7. The predicted octanol–water partition coefficient (Wildman–Crippen LogP) is 2.75. The van der Waals surface area contributed by atoms with Gasteiger partial charge in [-0.1, -0.05) is 62.2 Å². The number of hydrogen-bond acceptors (Lipinski definition) is 6. The Bertz CT molecular complexity index is 1350. The molecule has 2 aromatic heterocycles. The summed E-state index contributed by atoms with van der Waals surface area (Å²) in [6.07, 6.45) is 0.816. The summed E-state index contributed by atoms with van der Waals surface area (Å²) in [5.41, 5.74) is 3.33. The van der Waals surface area contributed by atoms with E-state index in [0.717, 1.165) is 26.9 Å². The molecule has 2 aromatic carbocycles. The Balaban J connectivity index is 1.62. The summed E-state index contributed by atoms with van der Waals surface area (Å²) < 4.78 is 2.33. The number of rotatable bonds is 5. The second kappa shape index (κ2) is 9.22. The van der Waals surface area contributed by atoms with Crippen LogP contribution in [0, 0.1) is 11.8 Å². The molecule has 0 fully saturated rings. The van der Waals surface area contributed by atoms with Gasteiger partial charge in [-0.3, -0.25) is 9.36 Å². The van der Waals surface area contributed by atoms with Crippen molar-refractivity contribution >= 4 is 5.91 Å². The summed E-state index contributed by atoms with van der Waals surface area (Å²) in [6.45, 7) is 3.88. The third-order valence-electron chi connectivity index (χ3n) is 4.89. The van der Waals surface area contributed by atoms with Crippen molar-refractivity contribution < 1.29 is 4.79 Å². The number of H-pyrrole nitrogens is 1. The highest BCUT2D eigenvalue weighted by atomic mass is 16.2. The molecular weight excluding hydrogens is 406 g/mol. The Morgan fingerprint density at radius 3 is 2.53 bits per heavy atom. The van der Waals surface area contributed by atoms with Gasteiger partial charge in [0, 0.05) is 18.4 Å². The first-order valence-corrected chi connectivity index (χ1v) is 10.3. The van der Waals surface area contributed by atoms with Crippen LogP contribution in [0.25, 0.3) is 22.5 Å². The number of nitrogens with one attached hydrogen (secondary N) is 1. The zero-order valence-corrected chi connectivity index (χ0v) is 17.7.